The second kappa shape index (κ2) is 7.77. The van der Waals surface area contributed by atoms with Crippen LogP contribution in [0.3, 0.4) is 0 Å². The Balaban J connectivity index is 1.96. The number of ether oxygens (including phenoxy) is 1. The van der Waals surface area contributed by atoms with Gasteiger partial charge >= 0.3 is 5.97 Å². The van der Waals surface area contributed by atoms with E-state index in [1.807, 2.05) is 0 Å². The summed E-state index contributed by atoms with van der Waals surface area (Å²) in [7, 11) is 1.31. The predicted octanol–water partition coefficient (Wildman–Crippen LogP) is 3.05. The Hall–Kier alpha value is -1.63. The highest BCUT2D eigenvalue weighted by Gasteiger charge is 2.41. The Morgan fingerprint density at radius 3 is 2.52 bits per heavy atom. The van der Waals surface area contributed by atoms with Gasteiger partial charge in [-0.15, -0.1) is 11.8 Å². The molecule has 0 saturated heterocycles. The van der Waals surface area contributed by atoms with Crippen LogP contribution in [0.5, 0.6) is 0 Å². The lowest BCUT2D eigenvalue weighted by molar-refractivity contribution is -0.152. The maximum absolute atomic E-state index is 13.1. The summed E-state index contributed by atoms with van der Waals surface area (Å²) in [5.74, 6) is -2.61. The summed E-state index contributed by atoms with van der Waals surface area (Å²) in [6.07, 6.45) is 3.85. The van der Waals surface area contributed by atoms with Gasteiger partial charge in [0.2, 0.25) is 5.91 Å². The molecule has 126 valence electrons. The van der Waals surface area contributed by atoms with Gasteiger partial charge in [-0.3, -0.25) is 4.79 Å². The van der Waals surface area contributed by atoms with Crippen molar-refractivity contribution in [1.82, 2.24) is 5.32 Å². The molecule has 2 rings (SSSR count). The van der Waals surface area contributed by atoms with E-state index in [0.717, 1.165) is 43.2 Å². The van der Waals surface area contributed by atoms with Crippen molar-refractivity contribution in [2.45, 2.75) is 42.5 Å². The third-order valence-corrected chi connectivity index (χ3v) is 4.92. The van der Waals surface area contributed by atoms with Crippen LogP contribution in [-0.4, -0.2) is 30.3 Å². The van der Waals surface area contributed by atoms with E-state index in [0.29, 0.717) is 17.7 Å². The van der Waals surface area contributed by atoms with Crippen molar-refractivity contribution in [3.05, 3.63) is 29.8 Å². The van der Waals surface area contributed by atoms with Crippen molar-refractivity contribution in [3.8, 4) is 0 Å². The summed E-state index contributed by atoms with van der Waals surface area (Å²) in [5.41, 5.74) is -0.960. The molecule has 0 heterocycles. The van der Waals surface area contributed by atoms with Crippen LogP contribution in [-0.2, 0) is 14.3 Å². The number of thioether (sulfide) groups is 1. The number of hydrogen-bond donors (Lipinski definition) is 1. The summed E-state index contributed by atoms with van der Waals surface area (Å²) < 4.78 is 30.8. The van der Waals surface area contributed by atoms with E-state index in [-0.39, 0.29) is 11.7 Å². The van der Waals surface area contributed by atoms with Crippen LogP contribution in [0, 0.1) is 11.6 Å². The van der Waals surface area contributed by atoms with Gasteiger partial charge in [-0.2, -0.15) is 0 Å². The number of rotatable bonds is 5. The molecule has 0 atom stereocenters. The Bertz CT molecular complexity index is 589. The molecule has 0 unspecified atom stereocenters. The van der Waals surface area contributed by atoms with E-state index >= 15 is 0 Å². The van der Waals surface area contributed by atoms with Gasteiger partial charge in [-0.05, 0) is 31.0 Å². The fourth-order valence-electron chi connectivity index (χ4n) is 2.75. The van der Waals surface area contributed by atoms with Crippen LogP contribution < -0.4 is 5.32 Å². The Kier molecular flexibility index (Phi) is 5.98. The number of carbonyl (C=O) groups is 2. The molecule has 0 spiro atoms. The number of methoxy groups -OCH3 is 1. The van der Waals surface area contributed by atoms with Gasteiger partial charge in [0.25, 0.3) is 0 Å². The SMILES string of the molecule is COC(=O)C1(NC(=O)CSc2ccc(F)c(F)c2)CCCCC1. The van der Waals surface area contributed by atoms with E-state index in [1.165, 1.54) is 13.2 Å². The van der Waals surface area contributed by atoms with E-state index in [2.05, 4.69) is 5.32 Å². The molecular weight excluding hydrogens is 324 g/mol. The molecule has 0 bridgehead atoms. The predicted molar refractivity (Wildman–Crippen MR) is 83.1 cm³/mol. The summed E-state index contributed by atoms with van der Waals surface area (Å²) in [6.45, 7) is 0. The lowest BCUT2D eigenvalue weighted by Crippen LogP contribution is -2.56. The fourth-order valence-corrected chi connectivity index (χ4v) is 3.47. The minimum atomic E-state index is -0.960. The molecular formula is C16H19F2NO3S. The molecule has 1 fully saturated rings. The lowest BCUT2D eigenvalue weighted by Gasteiger charge is -2.35. The molecule has 0 aromatic heterocycles. The quantitative estimate of drug-likeness (QED) is 0.659. The third-order valence-electron chi connectivity index (χ3n) is 3.92. The highest BCUT2D eigenvalue weighted by molar-refractivity contribution is 8.00. The van der Waals surface area contributed by atoms with Gasteiger partial charge in [0.15, 0.2) is 11.6 Å². The summed E-state index contributed by atoms with van der Waals surface area (Å²) in [4.78, 5) is 24.7. The number of benzene rings is 1. The van der Waals surface area contributed by atoms with Crippen molar-refractivity contribution in [2.75, 3.05) is 12.9 Å². The van der Waals surface area contributed by atoms with E-state index in [1.54, 1.807) is 0 Å². The Labute approximate surface area is 138 Å². The van der Waals surface area contributed by atoms with Crippen molar-refractivity contribution < 1.29 is 23.1 Å². The first kappa shape index (κ1) is 17.7. The molecule has 1 aliphatic rings. The average Bonchev–Trinajstić information content (AvgIpc) is 2.56. The fraction of sp³-hybridized carbons (Fsp3) is 0.500. The second-order valence-electron chi connectivity index (χ2n) is 5.55. The molecule has 23 heavy (non-hydrogen) atoms. The normalized spacial score (nSPS) is 16.7. The monoisotopic (exact) mass is 343 g/mol. The second-order valence-corrected chi connectivity index (χ2v) is 6.60. The molecule has 1 amide bonds. The molecule has 4 nitrogen and oxygen atoms in total. The van der Waals surface area contributed by atoms with Gasteiger partial charge in [0, 0.05) is 4.90 Å². The van der Waals surface area contributed by atoms with Crippen molar-refractivity contribution in [2.24, 2.45) is 0 Å². The highest BCUT2D eigenvalue weighted by Crippen LogP contribution is 2.30. The minimum absolute atomic E-state index is 0.0177. The van der Waals surface area contributed by atoms with Crippen LogP contribution >= 0.6 is 11.8 Å². The van der Waals surface area contributed by atoms with Gasteiger partial charge in [-0.25, -0.2) is 13.6 Å². The number of halogens is 2. The van der Waals surface area contributed by atoms with Crippen LogP contribution in [0.15, 0.2) is 23.1 Å². The minimum Gasteiger partial charge on any atom is -0.467 e. The summed E-state index contributed by atoms with van der Waals surface area (Å²) in [6, 6.07) is 3.48. The van der Waals surface area contributed by atoms with E-state index < -0.39 is 23.1 Å². The Morgan fingerprint density at radius 2 is 1.91 bits per heavy atom. The number of hydrogen-bond acceptors (Lipinski definition) is 4. The first-order valence-electron chi connectivity index (χ1n) is 7.44. The van der Waals surface area contributed by atoms with Gasteiger partial charge in [0.05, 0.1) is 12.9 Å². The van der Waals surface area contributed by atoms with Gasteiger partial charge in [-0.1, -0.05) is 19.3 Å². The average molecular weight is 343 g/mol. The van der Waals surface area contributed by atoms with Crippen molar-refractivity contribution in [1.29, 1.82) is 0 Å². The van der Waals surface area contributed by atoms with E-state index in [9.17, 15) is 18.4 Å². The zero-order valence-corrected chi connectivity index (χ0v) is 13.7. The van der Waals surface area contributed by atoms with Crippen LogP contribution in [0.4, 0.5) is 8.78 Å². The zero-order chi connectivity index (χ0) is 16.9. The first-order valence-corrected chi connectivity index (χ1v) is 8.43. The molecule has 1 N–H and O–H groups in total. The number of carbonyl (C=O) groups excluding carboxylic acids is 2. The lowest BCUT2D eigenvalue weighted by atomic mass is 9.81. The number of esters is 1. The number of nitrogens with one attached hydrogen (secondary N) is 1. The first-order chi connectivity index (χ1) is 11.0. The zero-order valence-electron chi connectivity index (χ0n) is 12.9. The third kappa shape index (κ3) is 4.43. The van der Waals surface area contributed by atoms with Crippen LogP contribution in [0.1, 0.15) is 32.1 Å². The van der Waals surface area contributed by atoms with Gasteiger partial charge < -0.3 is 10.1 Å². The maximum Gasteiger partial charge on any atom is 0.331 e. The molecule has 7 heteroatoms. The van der Waals surface area contributed by atoms with Crippen LogP contribution in [0.25, 0.3) is 0 Å². The number of amides is 1. The Morgan fingerprint density at radius 1 is 1.22 bits per heavy atom. The molecule has 1 saturated carbocycles. The summed E-state index contributed by atoms with van der Waals surface area (Å²) >= 11 is 1.09. The molecule has 1 aromatic rings. The maximum atomic E-state index is 13.1. The molecule has 0 radical (unpaired) electrons. The van der Waals surface area contributed by atoms with Crippen molar-refractivity contribution in [3.63, 3.8) is 0 Å². The van der Waals surface area contributed by atoms with Crippen molar-refractivity contribution >= 4 is 23.6 Å². The molecule has 0 aliphatic heterocycles. The smallest absolute Gasteiger partial charge is 0.331 e. The largest absolute Gasteiger partial charge is 0.467 e. The highest BCUT2D eigenvalue weighted by atomic mass is 32.2. The topological polar surface area (TPSA) is 55.4 Å². The molecule has 1 aromatic carbocycles. The van der Waals surface area contributed by atoms with Crippen LogP contribution in [0.2, 0.25) is 0 Å². The van der Waals surface area contributed by atoms with E-state index in [4.69, 9.17) is 4.74 Å². The summed E-state index contributed by atoms with van der Waals surface area (Å²) in [5, 5.41) is 2.78. The van der Waals surface area contributed by atoms with Gasteiger partial charge in [0.1, 0.15) is 5.54 Å². The standard InChI is InChI=1S/C16H19F2NO3S/c1-22-15(21)16(7-3-2-4-8-16)19-14(20)10-23-11-5-6-12(17)13(18)9-11/h5-6,9H,2-4,7-8,10H2,1H3,(H,19,20). The molecule has 1 aliphatic carbocycles.